The highest BCUT2D eigenvalue weighted by atomic mass is 35.5. The number of hydrogen-bond acceptors (Lipinski definition) is 11. The molecule has 3 aliphatic heterocycles. The van der Waals surface area contributed by atoms with Gasteiger partial charge in [-0.05, 0) is 139 Å². The summed E-state index contributed by atoms with van der Waals surface area (Å²) in [5, 5.41) is 23.9. The SMILES string of the molecule is CC[C@H](C)[C@H]1C(C)NC2(CCCC2)CNCCNC=CC(CCc2ccc(C(F)(F)F)c(Cl)c2)=NC=CN(C)C=C(Cc2ccc(C)cc2)N(C)C=C2CCCN2[C@@H](C)C(C)N[C@@H]([C@@H](C)CC)CN[C@@H](CC(C)C)C(C)NCC2[C@H](C)CN21. The molecule has 3 heterocycles. The molecule has 0 aromatic heterocycles. The standard InChI is InChI=1S/C68H111ClF3N11/c1-15-49(6)64-41-77-63(38-47(3)4)53(10)76-42-65-51(8)43-83(65)66(50(7)16-2)54(11)79-67(30-17-18-31-67)46-74-34-33-73-32-29-58(27-25-57-26-28-61(62(69)40-57)68(70,71)72)75-35-37-80(13)44-60(39-56-23-21-48(5)22-24-56)81(14)45-59-20-19-36-82(59)55(12)52(9)78-64/h21-24,26,28-29,32,35,37,40,44-45,47,49-55,63-66,73-74,76-79H,15-20,25,27,30-31,33-34,36,38-39,41-43,46H2,1-14H3/t49-,50-,51+,52?,53?,54?,55-,63-,64+,65?,66-/m0/s1. The van der Waals surface area contributed by atoms with Gasteiger partial charge in [0, 0.05) is 162 Å². The van der Waals surface area contributed by atoms with E-state index in [0.717, 1.165) is 107 Å². The normalized spacial score (nSPS) is 28.3. The van der Waals surface area contributed by atoms with Crippen LogP contribution < -0.4 is 31.9 Å². The van der Waals surface area contributed by atoms with Crippen LogP contribution in [-0.2, 0) is 19.0 Å². The molecule has 1 spiro atoms. The number of allylic oxidation sites excluding steroid dienone is 3. The molecule has 1 aliphatic carbocycles. The number of likely N-dealkylation sites (N-methyl/N-ethyl adjacent to an activating group) is 1. The van der Waals surface area contributed by atoms with Crippen LogP contribution in [-0.4, -0.2) is 139 Å². The van der Waals surface area contributed by atoms with Gasteiger partial charge in [-0.25, -0.2) is 0 Å². The van der Waals surface area contributed by atoms with Gasteiger partial charge in [0.2, 0.25) is 0 Å². The molecular weight excluding hydrogens is 1060 g/mol. The molecule has 1 saturated carbocycles. The molecule has 2 aromatic rings. The van der Waals surface area contributed by atoms with Gasteiger partial charge in [-0.3, -0.25) is 9.89 Å². The van der Waals surface area contributed by atoms with Gasteiger partial charge < -0.3 is 46.6 Å². The molecule has 0 bridgehead atoms. The number of fused-ring (bicyclic) bond motifs is 2. The number of aliphatic imine (C=N–C) groups is 1. The van der Waals surface area contributed by atoms with E-state index in [0.29, 0.717) is 72.8 Å². The van der Waals surface area contributed by atoms with Crippen LogP contribution in [0.4, 0.5) is 13.2 Å². The van der Waals surface area contributed by atoms with Crippen LogP contribution in [0.2, 0.25) is 5.02 Å². The largest absolute Gasteiger partial charge is 0.417 e. The molecule has 11 atom stereocenters. The molecule has 6 rings (SSSR count). The Morgan fingerprint density at radius 1 is 0.819 bits per heavy atom. The Kier molecular flexibility index (Phi) is 26.9. The lowest BCUT2D eigenvalue weighted by molar-refractivity contribution is -0.137. The van der Waals surface area contributed by atoms with E-state index in [1.165, 1.54) is 54.6 Å². The van der Waals surface area contributed by atoms with Gasteiger partial charge in [-0.15, -0.1) is 0 Å². The number of alkyl halides is 3. The first kappa shape index (κ1) is 68.2. The fourth-order valence-electron chi connectivity index (χ4n) is 13.4. The van der Waals surface area contributed by atoms with Gasteiger partial charge >= 0.3 is 6.18 Å². The Hall–Kier alpha value is -3.89. The molecule has 15 heteroatoms. The van der Waals surface area contributed by atoms with Crippen molar-refractivity contribution in [2.24, 2.45) is 28.7 Å². The zero-order valence-corrected chi connectivity index (χ0v) is 54.4. The summed E-state index contributed by atoms with van der Waals surface area (Å²) in [5.41, 5.74) is 5.68. The van der Waals surface area contributed by atoms with Crippen molar-refractivity contribution in [3.8, 4) is 0 Å². The molecule has 3 fully saturated rings. The molecule has 2 aromatic carbocycles. The monoisotopic (exact) mass is 1170 g/mol. The topological polar surface area (TPSA) is 97.5 Å². The Balaban J connectivity index is 1.30. The number of rotatable bonds is 11. The third-order valence-electron chi connectivity index (χ3n) is 19.1. The third-order valence-corrected chi connectivity index (χ3v) is 19.4. The van der Waals surface area contributed by atoms with Crippen molar-refractivity contribution in [2.75, 3.05) is 59.9 Å². The van der Waals surface area contributed by atoms with Crippen molar-refractivity contribution in [1.82, 2.24) is 51.5 Å². The van der Waals surface area contributed by atoms with Crippen LogP contribution in [0.1, 0.15) is 163 Å². The molecule has 11 nitrogen and oxygen atoms in total. The predicted molar refractivity (Wildman–Crippen MR) is 345 cm³/mol. The van der Waals surface area contributed by atoms with E-state index in [-0.39, 0.29) is 22.6 Å². The van der Waals surface area contributed by atoms with Gasteiger partial charge in [0.1, 0.15) is 0 Å². The predicted octanol–water partition coefficient (Wildman–Crippen LogP) is 12.9. The first-order valence-corrected chi connectivity index (χ1v) is 32.5. The smallest absolute Gasteiger partial charge is 0.390 e. The van der Waals surface area contributed by atoms with Crippen molar-refractivity contribution >= 4 is 17.3 Å². The van der Waals surface area contributed by atoms with E-state index in [1.54, 1.807) is 0 Å². The van der Waals surface area contributed by atoms with E-state index >= 15 is 0 Å². The zero-order chi connectivity index (χ0) is 60.4. The molecule has 6 N–H and O–H groups in total. The third kappa shape index (κ3) is 20.4. The number of hydrogen-bond donors (Lipinski definition) is 6. The van der Waals surface area contributed by atoms with Gasteiger partial charge in [0.15, 0.2) is 0 Å². The van der Waals surface area contributed by atoms with Gasteiger partial charge in [0.25, 0.3) is 0 Å². The average Bonchev–Trinajstić information content (AvgIpc) is 4.18. The summed E-state index contributed by atoms with van der Waals surface area (Å²) in [4.78, 5) is 14.8. The summed E-state index contributed by atoms with van der Waals surface area (Å²) >= 11 is 6.18. The number of halogens is 4. The molecule has 0 radical (unpaired) electrons. The van der Waals surface area contributed by atoms with Crippen LogP contribution in [0.25, 0.3) is 0 Å². The number of nitrogens with one attached hydrogen (secondary N) is 6. The first-order chi connectivity index (χ1) is 39.5. The molecular formula is C68H111ClF3N11. The van der Waals surface area contributed by atoms with E-state index in [1.807, 2.05) is 31.7 Å². The Bertz CT molecular complexity index is 2420. The van der Waals surface area contributed by atoms with Crippen LogP contribution >= 0.6 is 11.6 Å². The molecule has 4 unspecified atom stereocenters. The molecule has 0 amide bonds. The number of benzene rings is 2. The van der Waals surface area contributed by atoms with Crippen molar-refractivity contribution in [2.45, 2.75) is 220 Å². The van der Waals surface area contributed by atoms with E-state index in [2.05, 4.69) is 178 Å². The van der Waals surface area contributed by atoms with Crippen LogP contribution in [0.15, 0.2) is 95.9 Å². The minimum atomic E-state index is -4.51. The molecule has 4 aliphatic rings. The Labute approximate surface area is 506 Å². The summed E-state index contributed by atoms with van der Waals surface area (Å²) in [7, 11) is 4.20. The van der Waals surface area contributed by atoms with Crippen LogP contribution in [0.3, 0.4) is 0 Å². The van der Waals surface area contributed by atoms with Crippen molar-refractivity contribution in [3.63, 3.8) is 0 Å². The van der Waals surface area contributed by atoms with Gasteiger partial charge in [-0.1, -0.05) is 122 Å². The highest BCUT2D eigenvalue weighted by molar-refractivity contribution is 6.31. The van der Waals surface area contributed by atoms with Crippen molar-refractivity contribution in [1.29, 1.82) is 0 Å². The van der Waals surface area contributed by atoms with Crippen LogP contribution in [0.5, 0.6) is 0 Å². The van der Waals surface area contributed by atoms with E-state index in [4.69, 9.17) is 16.6 Å². The molecule has 83 heavy (non-hydrogen) atoms. The van der Waals surface area contributed by atoms with Crippen molar-refractivity contribution in [3.05, 3.63) is 118 Å². The lowest BCUT2D eigenvalue weighted by Crippen LogP contribution is -2.70. The van der Waals surface area contributed by atoms with Gasteiger partial charge in [0.05, 0.1) is 10.6 Å². The summed E-state index contributed by atoms with van der Waals surface area (Å²) in [6.45, 7) is 35.1. The highest BCUT2D eigenvalue weighted by Gasteiger charge is 2.46. The second kappa shape index (κ2) is 32.7. The number of nitrogens with zero attached hydrogens (tertiary/aromatic N) is 5. The Morgan fingerprint density at radius 3 is 2.19 bits per heavy atom. The Morgan fingerprint density at radius 2 is 1.53 bits per heavy atom. The summed E-state index contributed by atoms with van der Waals surface area (Å²) in [6.07, 6.45) is 19.8. The minimum Gasteiger partial charge on any atom is -0.390 e. The quantitative estimate of drug-likeness (QED) is 0.131. The van der Waals surface area contributed by atoms with Crippen molar-refractivity contribution < 1.29 is 13.2 Å². The summed E-state index contributed by atoms with van der Waals surface area (Å²) in [6, 6.07) is 15.6. The first-order valence-electron chi connectivity index (χ1n) is 32.1. The average molecular weight is 1180 g/mol. The van der Waals surface area contributed by atoms with E-state index < -0.39 is 11.7 Å². The van der Waals surface area contributed by atoms with Crippen LogP contribution in [0, 0.1) is 30.6 Å². The highest BCUT2D eigenvalue weighted by Crippen LogP contribution is 2.37. The number of aryl methyl sites for hydroxylation is 2. The lowest BCUT2D eigenvalue weighted by atomic mass is 9.81. The van der Waals surface area contributed by atoms with Gasteiger partial charge in [-0.2, -0.15) is 13.2 Å². The maximum absolute atomic E-state index is 13.6. The zero-order valence-electron chi connectivity index (χ0n) is 53.6. The molecule has 466 valence electrons. The summed E-state index contributed by atoms with van der Waals surface area (Å²) < 4.78 is 40.9. The maximum atomic E-state index is 13.6. The maximum Gasteiger partial charge on any atom is 0.417 e. The second-order valence-corrected chi connectivity index (χ2v) is 26.6. The fraction of sp³-hybridized carbons (Fsp3) is 0.691. The molecule has 2 saturated heterocycles. The summed E-state index contributed by atoms with van der Waals surface area (Å²) in [5.74, 6) is 2.28. The second-order valence-electron chi connectivity index (χ2n) is 26.2. The fourth-order valence-corrected chi connectivity index (χ4v) is 13.7. The minimum absolute atomic E-state index is 0.0462. The lowest BCUT2D eigenvalue weighted by Gasteiger charge is -2.55. The van der Waals surface area contributed by atoms with E-state index in [9.17, 15) is 13.2 Å².